The second-order valence-corrected chi connectivity index (χ2v) is 4.78. The smallest absolute Gasteiger partial charge is 0.213 e. The molecule has 1 aromatic carbocycles. The van der Waals surface area contributed by atoms with Gasteiger partial charge in [0.1, 0.15) is 5.75 Å². The van der Waals surface area contributed by atoms with Crippen LogP contribution >= 0.6 is 0 Å². The highest BCUT2D eigenvalue weighted by atomic mass is 19.1. The van der Waals surface area contributed by atoms with Crippen molar-refractivity contribution < 1.29 is 9.13 Å². The molecule has 0 fully saturated rings. The molecule has 0 unspecified atom stereocenters. The van der Waals surface area contributed by atoms with Gasteiger partial charge in [-0.2, -0.15) is 9.65 Å². The monoisotopic (exact) mass is 270 g/mol. The molecular formula is C16H15FN2O. The van der Waals surface area contributed by atoms with Gasteiger partial charge in [0.05, 0.1) is 18.7 Å². The van der Waals surface area contributed by atoms with Crippen molar-refractivity contribution in [2.45, 2.75) is 19.8 Å². The van der Waals surface area contributed by atoms with Crippen LogP contribution in [0, 0.1) is 17.3 Å². The van der Waals surface area contributed by atoms with Crippen LogP contribution in [0.4, 0.5) is 4.39 Å². The highest BCUT2D eigenvalue weighted by Gasteiger charge is 2.15. The lowest BCUT2D eigenvalue weighted by atomic mass is 9.93. The number of hydrogen-bond donors (Lipinski definition) is 0. The summed E-state index contributed by atoms with van der Waals surface area (Å²) in [5.41, 5.74) is 2.84. The van der Waals surface area contributed by atoms with Crippen LogP contribution in [0.15, 0.2) is 30.5 Å². The molecule has 2 aromatic rings. The zero-order valence-electron chi connectivity index (χ0n) is 11.6. The summed E-state index contributed by atoms with van der Waals surface area (Å²) in [5, 5.41) is 9.03. The van der Waals surface area contributed by atoms with Gasteiger partial charge in [0, 0.05) is 17.8 Å². The Kier molecular flexibility index (Phi) is 3.99. The Morgan fingerprint density at radius 3 is 2.60 bits per heavy atom. The predicted molar refractivity (Wildman–Crippen MR) is 75.0 cm³/mol. The minimum absolute atomic E-state index is 0.188. The van der Waals surface area contributed by atoms with Crippen LogP contribution in [0.3, 0.4) is 0 Å². The van der Waals surface area contributed by atoms with E-state index in [2.05, 4.69) is 11.1 Å². The summed E-state index contributed by atoms with van der Waals surface area (Å²) in [5.74, 6) is 0.249. The molecule has 0 aliphatic carbocycles. The zero-order valence-corrected chi connectivity index (χ0v) is 11.6. The molecule has 0 saturated carbocycles. The minimum atomic E-state index is -0.547. The van der Waals surface area contributed by atoms with Gasteiger partial charge in [-0.1, -0.05) is 13.8 Å². The summed E-state index contributed by atoms with van der Waals surface area (Å²) in [6.07, 6.45) is 1.54. The zero-order chi connectivity index (χ0) is 14.7. The number of rotatable bonds is 3. The molecule has 102 valence electrons. The van der Waals surface area contributed by atoms with E-state index in [-0.39, 0.29) is 5.92 Å². The Morgan fingerprint density at radius 2 is 2.00 bits per heavy atom. The fourth-order valence-electron chi connectivity index (χ4n) is 2.12. The first-order valence-electron chi connectivity index (χ1n) is 6.30. The van der Waals surface area contributed by atoms with E-state index in [1.807, 2.05) is 13.8 Å². The minimum Gasteiger partial charge on any atom is -0.496 e. The third-order valence-electron chi connectivity index (χ3n) is 3.14. The normalized spacial score (nSPS) is 10.4. The van der Waals surface area contributed by atoms with Gasteiger partial charge in [-0.05, 0) is 35.2 Å². The van der Waals surface area contributed by atoms with E-state index < -0.39 is 5.95 Å². The van der Waals surface area contributed by atoms with Crippen molar-refractivity contribution in [3.8, 4) is 22.9 Å². The summed E-state index contributed by atoms with van der Waals surface area (Å²) in [7, 11) is 1.55. The van der Waals surface area contributed by atoms with Gasteiger partial charge in [-0.15, -0.1) is 0 Å². The number of halogens is 1. The number of hydrogen-bond acceptors (Lipinski definition) is 3. The van der Waals surface area contributed by atoms with Crippen molar-refractivity contribution in [3.05, 3.63) is 47.5 Å². The number of ether oxygens (including phenoxy) is 1. The number of nitrogens with zero attached hydrogens (tertiary/aromatic N) is 2. The summed E-state index contributed by atoms with van der Waals surface area (Å²) < 4.78 is 18.8. The molecule has 0 saturated heterocycles. The summed E-state index contributed by atoms with van der Waals surface area (Å²) >= 11 is 0. The number of benzene rings is 1. The number of aromatic nitrogens is 1. The van der Waals surface area contributed by atoms with Crippen LogP contribution in [0.1, 0.15) is 30.9 Å². The Labute approximate surface area is 117 Å². The molecular weight excluding hydrogens is 255 g/mol. The predicted octanol–water partition coefficient (Wildman–Crippen LogP) is 3.89. The van der Waals surface area contributed by atoms with E-state index >= 15 is 0 Å². The fourth-order valence-corrected chi connectivity index (χ4v) is 2.12. The molecule has 1 aromatic heterocycles. The van der Waals surface area contributed by atoms with E-state index in [9.17, 15) is 4.39 Å². The lowest BCUT2D eigenvalue weighted by molar-refractivity contribution is 0.416. The highest BCUT2D eigenvalue weighted by Crippen LogP contribution is 2.35. The molecule has 3 nitrogen and oxygen atoms in total. The van der Waals surface area contributed by atoms with Crippen LogP contribution in [-0.2, 0) is 0 Å². The van der Waals surface area contributed by atoms with E-state index in [1.54, 1.807) is 25.3 Å². The van der Waals surface area contributed by atoms with Crippen molar-refractivity contribution in [1.82, 2.24) is 4.98 Å². The van der Waals surface area contributed by atoms with Gasteiger partial charge < -0.3 is 4.74 Å². The second-order valence-electron chi connectivity index (χ2n) is 4.78. The van der Waals surface area contributed by atoms with E-state index in [0.29, 0.717) is 22.4 Å². The van der Waals surface area contributed by atoms with Crippen LogP contribution < -0.4 is 4.74 Å². The second kappa shape index (κ2) is 5.70. The largest absolute Gasteiger partial charge is 0.496 e. The lowest BCUT2D eigenvalue weighted by Gasteiger charge is -2.15. The van der Waals surface area contributed by atoms with Gasteiger partial charge >= 0.3 is 0 Å². The van der Waals surface area contributed by atoms with Gasteiger partial charge in [-0.3, -0.25) is 0 Å². The Balaban J connectivity index is 2.73. The first-order valence-corrected chi connectivity index (χ1v) is 6.30. The third kappa shape index (κ3) is 2.62. The molecule has 2 rings (SSSR count). The molecule has 0 N–H and O–H groups in total. The average molecular weight is 270 g/mol. The van der Waals surface area contributed by atoms with Gasteiger partial charge in [0.25, 0.3) is 0 Å². The lowest BCUT2D eigenvalue weighted by Crippen LogP contribution is -1.98. The number of pyridine rings is 1. The number of nitriles is 1. The van der Waals surface area contributed by atoms with Crippen molar-refractivity contribution in [2.24, 2.45) is 0 Å². The summed E-state index contributed by atoms with van der Waals surface area (Å²) in [4.78, 5) is 3.71. The maximum atomic E-state index is 13.5. The molecule has 0 aliphatic rings. The Morgan fingerprint density at radius 1 is 1.25 bits per heavy atom. The van der Waals surface area contributed by atoms with Gasteiger partial charge in [0.2, 0.25) is 5.95 Å². The summed E-state index contributed by atoms with van der Waals surface area (Å²) in [6.45, 7) is 4.03. The van der Waals surface area contributed by atoms with Crippen molar-refractivity contribution >= 4 is 0 Å². The third-order valence-corrected chi connectivity index (χ3v) is 3.14. The van der Waals surface area contributed by atoms with Crippen LogP contribution in [0.2, 0.25) is 0 Å². The quantitative estimate of drug-likeness (QED) is 0.795. The maximum absolute atomic E-state index is 13.5. The molecule has 0 aliphatic heterocycles. The molecule has 4 heteroatoms. The number of methoxy groups -OCH3 is 1. The topological polar surface area (TPSA) is 45.9 Å². The Hall–Kier alpha value is -2.41. The van der Waals surface area contributed by atoms with Crippen LogP contribution in [-0.4, -0.2) is 12.1 Å². The van der Waals surface area contributed by atoms with E-state index in [1.165, 1.54) is 12.3 Å². The molecule has 0 bridgehead atoms. The van der Waals surface area contributed by atoms with E-state index in [0.717, 1.165) is 5.56 Å². The summed E-state index contributed by atoms with van der Waals surface area (Å²) in [6, 6.07) is 8.57. The SMILES string of the molecule is COc1ccc(C#N)cc1-c1cc(F)ncc1C(C)C. The molecule has 0 radical (unpaired) electrons. The highest BCUT2D eigenvalue weighted by molar-refractivity contribution is 5.75. The first-order chi connectivity index (χ1) is 9.56. The molecule has 0 spiro atoms. The molecule has 0 atom stereocenters. The molecule has 1 heterocycles. The average Bonchev–Trinajstić information content (AvgIpc) is 2.46. The van der Waals surface area contributed by atoms with Crippen molar-refractivity contribution in [1.29, 1.82) is 5.26 Å². The van der Waals surface area contributed by atoms with Crippen LogP contribution in [0.25, 0.3) is 11.1 Å². The van der Waals surface area contributed by atoms with Gasteiger partial charge in [0.15, 0.2) is 0 Å². The first kappa shape index (κ1) is 14.0. The van der Waals surface area contributed by atoms with Crippen molar-refractivity contribution in [3.63, 3.8) is 0 Å². The Bertz CT molecular complexity index is 675. The molecule has 0 amide bonds. The standard InChI is InChI=1S/C16H15FN2O/c1-10(2)14-9-19-16(17)7-12(14)13-6-11(8-18)4-5-15(13)20-3/h4-7,9-10H,1-3H3. The maximum Gasteiger partial charge on any atom is 0.213 e. The van der Waals surface area contributed by atoms with Crippen LogP contribution in [0.5, 0.6) is 5.75 Å². The van der Waals surface area contributed by atoms with Crippen molar-refractivity contribution in [2.75, 3.05) is 7.11 Å². The van der Waals surface area contributed by atoms with E-state index in [4.69, 9.17) is 10.00 Å². The molecule has 20 heavy (non-hydrogen) atoms. The fraction of sp³-hybridized carbons (Fsp3) is 0.250. The van der Waals surface area contributed by atoms with Gasteiger partial charge in [-0.25, -0.2) is 4.98 Å².